The lowest BCUT2D eigenvalue weighted by atomic mass is 10.1. The fourth-order valence-electron chi connectivity index (χ4n) is 1.20. The molecular formula is C11H11F2NO3. The molecule has 4 nitrogen and oxygen atoms in total. The number of halogens is 2. The number of carboxylic acid groups (broad SMARTS) is 1. The first-order chi connectivity index (χ1) is 8.02. The van der Waals surface area contributed by atoms with Crippen molar-refractivity contribution >= 4 is 11.9 Å². The fraction of sp³-hybridized carbons (Fsp3) is 0.273. The maximum absolute atomic E-state index is 12.6. The summed E-state index contributed by atoms with van der Waals surface area (Å²) < 4.78 is 24.8. The molecule has 0 saturated heterocycles. The maximum atomic E-state index is 12.6. The first kappa shape index (κ1) is 13.1. The molecule has 92 valence electrons. The van der Waals surface area contributed by atoms with Crippen LogP contribution >= 0.6 is 0 Å². The van der Waals surface area contributed by atoms with Gasteiger partial charge in [-0.1, -0.05) is 12.1 Å². The minimum absolute atomic E-state index is 0.121. The molecule has 0 saturated carbocycles. The topological polar surface area (TPSA) is 66.4 Å². The predicted octanol–water partition coefficient (Wildman–Crippen LogP) is 0.907. The molecule has 0 radical (unpaired) electrons. The number of nitrogens with one attached hydrogen (secondary N) is 1. The van der Waals surface area contributed by atoms with Crippen LogP contribution < -0.4 is 5.32 Å². The van der Waals surface area contributed by atoms with Gasteiger partial charge in [0, 0.05) is 0 Å². The van der Waals surface area contributed by atoms with E-state index in [0.29, 0.717) is 5.56 Å². The third-order valence-electron chi connectivity index (χ3n) is 2.07. The molecule has 1 aromatic rings. The Labute approximate surface area is 96.3 Å². The second-order valence-corrected chi connectivity index (χ2v) is 3.42. The number of hydrogen-bond acceptors (Lipinski definition) is 2. The van der Waals surface area contributed by atoms with Crippen molar-refractivity contribution in [2.45, 2.75) is 12.5 Å². The van der Waals surface area contributed by atoms with Gasteiger partial charge in [-0.15, -0.1) is 0 Å². The van der Waals surface area contributed by atoms with E-state index in [1.54, 1.807) is 0 Å². The Hall–Kier alpha value is -1.98. The van der Waals surface area contributed by atoms with Gasteiger partial charge in [0.1, 0.15) is 12.5 Å². The SMILES string of the molecule is O=C(Cc1ccc(F)cc1)NC(CF)C(=O)O. The second kappa shape index (κ2) is 5.93. The highest BCUT2D eigenvalue weighted by Crippen LogP contribution is 2.03. The summed E-state index contributed by atoms with van der Waals surface area (Å²) in [6.45, 7) is -1.18. The van der Waals surface area contributed by atoms with Crippen molar-refractivity contribution in [3.63, 3.8) is 0 Å². The maximum Gasteiger partial charge on any atom is 0.328 e. The van der Waals surface area contributed by atoms with E-state index in [1.165, 1.54) is 24.3 Å². The Morgan fingerprint density at radius 3 is 2.35 bits per heavy atom. The van der Waals surface area contributed by atoms with Crippen LogP contribution in [0.3, 0.4) is 0 Å². The van der Waals surface area contributed by atoms with Crippen molar-refractivity contribution in [1.82, 2.24) is 5.32 Å². The van der Waals surface area contributed by atoms with E-state index >= 15 is 0 Å². The summed E-state index contributed by atoms with van der Waals surface area (Å²) in [4.78, 5) is 21.8. The van der Waals surface area contributed by atoms with Crippen molar-refractivity contribution in [2.24, 2.45) is 0 Å². The molecular weight excluding hydrogens is 232 g/mol. The van der Waals surface area contributed by atoms with Crippen LogP contribution in [-0.2, 0) is 16.0 Å². The zero-order valence-electron chi connectivity index (χ0n) is 8.82. The lowest BCUT2D eigenvalue weighted by molar-refractivity contribution is -0.142. The van der Waals surface area contributed by atoms with Gasteiger partial charge in [0.05, 0.1) is 6.42 Å². The van der Waals surface area contributed by atoms with E-state index in [4.69, 9.17) is 5.11 Å². The number of carbonyl (C=O) groups excluding carboxylic acids is 1. The summed E-state index contributed by atoms with van der Waals surface area (Å²) in [5, 5.41) is 10.5. The molecule has 0 aliphatic carbocycles. The Morgan fingerprint density at radius 2 is 1.88 bits per heavy atom. The van der Waals surface area contributed by atoms with Gasteiger partial charge in [-0.2, -0.15) is 0 Å². The monoisotopic (exact) mass is 243 g/mol. The lowest BCUT2D eigenvalue weighted by Crippen LogP contribution is -2.43. The standard InChI is InChI=1S/C11H11F2NO3/c12-6-9(11(16)17)14-10(15)5-7-1-3-8(13)4-2-7/h1-4,9H,5-6H2,(H,14,15)(H,16,17). The molecule has 1 aromatic carbocycles. The molecule has 0 aromatic heterocycles. The zero-order chi connectivity index (χ0) is 12.8. The summed E-state index contributed by atoms with van der Waals surface area (Å²) in [5.74, 6) is -2.48. The lowest BCUT2D eigenvalue weighted by Gasteiger charge is -2.10. The predicted molar refractivity (Wildman–Crippen MR) is 55.6 cm³/mol. The highest BCUT2D eigenvalue weighted by atomic mass is 19.1. The van der Waals surface area contributed by atoms with Crippen molar-refractivity contribution in [1.29, 1.82) is 0 Å². The van der Waals surface area contributed by atoms with Gasteiger partial charge in [0.25, 0.3) is 0 Å². The third-order valence-corrected chi connectivity index (χ3v) is 2.07. The van der Waals surface area contributed by atoms with Crippen LogP contribution in [0.15, 0.2) is 24.3 Å². The molecule has 6 heteroatoms. The Kier molecular flexibility index (Phi) is 4.56. The summed E-state index contributed by atoms with van der Waals surface area (Å²) in [6.07, 6.45) is -0.121. The number of aliphatic carboxylic acids is 1. The molecule has 0 aliphatic rings. The molecule has 1 rings (SSSR count). The number of alkyl halides is 1. The Bertz CT molecular complexity index is 406. The van der Waals surface area contributed by atoms with Crippen LogP contribution in [0.2, 0.25) is 0 Å². The molecule has 1 atom stereocenters. The molecule has 1 unspecified atom stereocenters. The van der Waals surface area contributed by atoms with E-state index in [0.717, 1.165) is 0 Å². The van der Waals surface area contributed by atoms with Crippen molar-refractivity contribution < 1.29 is 23.5 Å². The van der Waals surface area contributed by atoms with Gasteiger partial charge in [0.15, 0.2) is 6.04 Å². The number of carboxylic acids is 1. The molecule has 1 amide bonds. The summed E-state index contributed by atoms with van der Waals surface area (Å²) >= 11 is 0. The highest BCUT2D eigenvalue weighted by molar-refractivity contribution is 5.84. The summed E-state index contributed by atoms with van der Waals surface area (Å²) in [7, 11) is 0. The quantitative estimate of drug-likeness (QED) is 0.807. The first-order valence-corrected chi connectivity index (χ1v) is 4.85. The largest absolute Gasteiger partial charge is 0.480 e. The zero-order valence-corrected chi connectivity index (χ0v) is 8.82. The van der Waals surface area contributed by atoms with Gasteiger partial charge in [-0.25, -0.2) is 13.6 Å². The average molecular weight is 243 g/mol. The smallest absolute Gasteiger partial charge is 0.328 e. The number of hydrogen-bond donors (Lipinski definition) is 2. The van der Waals surface area contributed by atoms with Crippen molar-refractivity contribution in [2.75, 3.05) is 6.67 Å². The number of carbonyl (C=O) groups is 2. The molecule has 0 fully saturated rings. The molecule has 0 bridgehead atoms. The minimum Gasteiger partial charge on any atom is -0.480 e. The normalized spacial score (nSPS) is 11.9. The van der Waals surface area contributed by atoms with Gasteiger partial charge < -0.3 is 10.4 Å². The molecule has 0 heterocycles. The Balaban J connectivity index is 2.54. The van der Waals surface area contributed by atoms with E-state index in [2.05, 4.69) is 0 Å². The van der Waals surface area contributed by atoms with Gasteiger partial charge in [-0.05, 0) is 17.7 Å². The van der Waals surface area contributed by atoms with Crippen LogP contribution in [0.4, 0.5) is 8.78 Å². The van der Waals surface area contributed by atoms with Crippen molar-refractivity contribution in [3.8, 4) is 0 Å². The average Bonchev–Trinajstić information content (AvgIpc) is 2.28. The molecule has 0 aliphatic heterocycles. The summed E-state index contributed by atoms with van der Waals surface area (Å²) in [5.41, 5.74) is 0.520. The molecule has 17 heavy (non-hydrogen) atoms. The molecule has 2 N–H and O–H groups in total. The van der Waals surface area contributed by atoms with Crippen LogP contribution in [0.25, 0.3) is 0 Å². The number of amides is 1. The second-order valence-electron chi connectivity index (χ2n) is 3.42. The summed E-state index contributed by atoms with van der Waals surface area (Å²) in [6, 6.07) is 3.64. The van der Waals surface area contributed by atoms with E-state index in [1.807, 2.05) is 5.32 Å². The van der Waals surface area contributed by atoms with Crippen molar-refractivity contribution in [3.05, 3.63) is 35.6 Å². The van der Waals surface area contributed by atoms with E-state index in [-0.39, 0.29) is 6.42 Å². The molecule has 0 spiro atoms. The fourth-order valence-corrected chi connectivity index (χ4v) is 1.20. The number of rotatable bonds is 5. The van der Waals surface area contributed by atoms with Crippen LogP contribution in [0.5, 0.6) is 0 Å². The van der Waals surface area contributed by atoms with Crippen LogP contribution in [0, 0.1) is 5.82 Å². The third kappa shape index (κ3) is 4.18. The number of benzene rings is 1. The first-order valence-electron chi connectivity index (χ1n) is 4.85. The van der Waals surface area contributed by atoms with Crippen LogP contribution in [0.1, 0.15) is 5.56 Å². The van der Waals surface area contributed by atoms with Gasteiger partial charge in [0.2, 0.25) is 5.91 Å². The highest BCUT2D eigenvalue weighted by Gasteiger charge is 2.19. The van der Waals surface area contributed by atoms with Gasteiger partial charge in [-0.3, -0.25) is 4.79 Å². The van der Waals surface area contributed by atoms with Crippen LogP contribution in [-0.4, -0.2) is 29.7 Å². The minimum atomic E-state index is -1.54. The Morgan fingerprint density at radius 1 is 1.29 bits per heavy atom. The van der Waals surface area contributed by atoms with E-state index in [9.17, 15) is 18.4 Å². The van der Waals surface area contributed by atoms with Gasteiger partial charge >= 0.3 is 5.97 Å². The van der Waals surface area contributed by atoms with E-state index < -0.39 is 30.4 Å².